The topological polar surface area (TPSA) is 73.9 Å². The molecule has 5 nitrogen and oxygen atoms in total. The van der Waals surface area contributed by atoms with Gasteiger partial charge in [-0.05, 0) is 26.0 Å². The first-order chi connectivity index (χ1) is 9.37. The second kappa shape index (κ2) is 5.28. The highest BCUT2D eigenvalue weighted by Gasteiger charge is 2.44. The summed E-state index contributed by atoms with van der Waals surface area (Å²) in [4.78, 5) is 17.0. The lowest BCUT2D eigenvalue weighted by Gasteiger charge is -2.18. The smallest absolute Gasteiger partial charge is 0.353 e. The Morgan fingerprint density at radius 1 is 1.65 bits per heavy atom. The Morgan fingerprint density at radius 2 is 2.35 bits per heavy atom. The van der Waals surface area contributed by atoms with E-state index in [-0.39, 0.29) is 23.7 Å². The van der Waals surface area contributed by atoms with Gasteiger partial charge in [-0.3, -0.25) is 0 Å². The summed E-state index contributed by atoms with van der Waals surface area (Å²) in [6.07, 6.45) is 0.177. The molecule has 0 saturated heterocycles. The maximum atomic E-state index is 13.3. The van der Waals surface area contributed by atoms with Crippen LogP contribution in [0.5, 0.6) is 0 Å². The van der Waals surface area contributed by atoms with Gasteiger partial charge >= 0.3 is 5.97 Å². The fourth-order valence-corrected chi connectivity index (χ4v) is 2.12. The first kappa shape index (κ1) is 14.6. The van der Waals surface area contributed by atoms with E-state index in [0.717, 1.165) is 6.07 Å². The molecule has 1 heterocycles. The molecule has 1 aliphatic rings. The molecular weight excluding hydrogens is 287 g/mol. The van der Waals surface area contributed by atoms with E-state index in [4.69, 9.17) is 26.9 Å². The Morgan fingerprint density at radius 3 is 3.00 bits per heavy atom. The fourth-order valence-electron chi connectivity index (χ4n) is 1.86. The highest BCUT2D eigenvalue weighted by Crippen LogP contribution is 2.32. The van der Waals surface area contributed by atoms with Crippen LogP contribution in [0.1, 0.15) is 25.8 Å². The van der Waals surface area contributed by atoms with Crippen molar-refractivity contribution in [1.29, 1.82) is 0 Å². The van der Waals surface area contributed by atoms with Crippen LogP contribution in [0.2, 0.25) is 5.02 Å². The van der Waals surface area contributed by atoms with E-state index in [1.807, 2.05) is 0 Å². The third kappa shape index (κ3) is 2.56. The van der Waals surface area contributed by atoms with Gasteiger partial charge < -0.3 is 15.3 Å². The number of carbonyl (C=O) groups excluding carboxylic acids is 1. The zero-order chi connectivity index (χ0) is 14.9. The molecule has 0 fully saturated rings. The predicted molar refractivity (Wildman–Crippen MR) is 73.1 cm³/mol. The predicted octanol–water partition coefficient (Wildman–Crippen LogP) is 2.51. The molecule has 0 aromatic heterocycles. The van der Waals surface area contributed by atoms with Gasteiger partial charge in [0.2, 0.25) is 5.60 Å². The van der Waals surface area contributed by atoms with E-state index in [2.05, 4.69) is 5.16 Å². The summed E-state index contributed by atoms with van der Waals surface area (Å²) in [5.74, 6) is -1.11. The molecule has 0 radical (unpaired) electrons. The Labute approximate surface area is 120 Å². The molecular formula is C13H14ClFN2O3. The van der Waals surface area contributed by atoms with E-state index in [9.17, 15) is 9.18 Å². The van der Waals surface area contributed by atoms with Crippen molar-refractivity contribution in [3.05, 3.63) is 28.5 Å². The number of esters is 1. The number of nitrogens with two attached hydrogens (primary N) is 1. The molecule has 0 bridgehead atoms. The number of halogens is 2. The Hall–Kier alpha value is -1.82. The van der Waals surface area contributed by atoms with Crippen molar-refractivity contribution < 1.29 is 18.8 Å². The van der Waals surface area contributed by atoms with Crippen LogP contribution in [0.15, 0.2) is 17.3 Å². The standard InChI is InChI=1S/C13H14ClFN2O3/c1-3-19-12(18)13(2)6-11(17-20-13)7-4-10(16)9(15)5-8(7)14/h4-5H,3,6,16H2,1-2H3. The van der Waals surface area contributed by atoms with Gasteiger partial charge in [-0.2, -0.15) is 0 Å². The Bertz CT molecular complexity index is 591. The van der Waals surface area contributed by atoms with Gasteiger partial charge in [-0.1, -0.05) is 16.8 Å². The summed E-state index contributed by atoms with van der Waals surface area (Å²) in [7, 11) is 0. The van der Waals surface area contributed by atoms with Crippen LogP contribution < -0.4 is 5.73 Å². The van der Waals surface area contributed by atoms with Crippen LogP contribution in [-0.2, 0) is 14.4 Å². The molecule has 2 rings (SSSR count). The zero-order valence-corrected chi connectivity index (χ0v) is 11.8. The zero-order valence-electron chi connectivity index (χ0n) is 11.1. The van der Waals surface area contributed by atoms with Crippen LogP contribution >= 0.6 is 11.6 Å². The van der Waals surface area contributed by atoms with Crippen molar-refractivity contribution in [2.45, 2.75) is 25.9 Å². The molecule has 0 saturated carbocycles. The summed E-state index contributed by atoms with van der Waals surface area (Å²) in [5, 5.41) is 4.01. The Balaban J connectivity index is 2.25. The van der Waals surface area contributed by atoms with E-state index in [0.29, 0.717) is 11.3 Å². The number of hydrogen-bond donors (Lipinski definition) is 1. The summed E-state index contributed by atoms with van der Waals surface area (Å²) in [6.45, 7) is 3.52. The van der Waals surface area contributed by atoms with Crippen molar-refractivity contribution in [3.63, 3.8) is 0 Å². The summed E-state index contributed by atoms with van der Waals surface area (Å²) < 4.78 is 18.2. The van der Waals surface area contributed by atoms with Gasteiger partial charge in [-0.25, -0.2) is 9.18 Å². The molecule has 2 N–H and O–H groups in total. The Kier molecular flexibility index (Phi) is 3.85. The molecule has 1 aliphatic heterocycles. The molecule has 0 spiro atoms. The van der Waals surface area contributed by atoms with E-state index >= 15 is 0 Å². The number of hydrogen-bond acceptors (Lipinski definition) is 5. The maximum absolute atomic E-state index is 13.3. The summed E-state index contributed by atoms with van der Waals surface area (Å²) in [5.41, 5.74) is 5.14. The van der Waals surface area contributed by atoms with Crippen molar-refractivity contribution in [3.8, 4) is 0 Å². The van der Waals surface area contributed by atoms with E-state index in [1.54, 1.807) is 13.8 Å². The highest BCUT2D eigenvalue weighted by molar-refractivity contribution is 6.34. The van der Waals surface area contributed by atoms with Crippen molar-refractivity contribution in [2.75, 3.05) is 12.3 Å². The monoisotopic (exact) mass is 300 g/mol. The van der Waals surface area contributed by atoms with Crippen molar-refractivity contribution in [1.82, 2.24) is 0 Å². The average Bonchev–Trinajstić information content (AvgIpc) is 2.78. The maximum Gasteiger partial charge on any atom is 0.353 e. The average molecular weight is 301 g/mol. The molecule has 1 aromatic rings. The lowest BCUT2D eigenvalue weighted by Crippen LogP contribution is -2.37. The number of nitrogens with zero attached hydrogens (tertiary/aromatic N) is 1. The molecule has 1 aromatic carbocycles. The number of rotatable bonds is 3. The second-order valence-electron chi connectivity index (χ2n) is 4.61. The van der Waals surface area contributed by atoms with E-state index in [1.165, 1.54) is 6.07 Å². The highest BCUT2D eigenvalue weighted by atomic mass is 35.5. The molecule has 20 heavy (non-hydrogen) atoms. The molecule has 1 unspecified atom stereocenters. The van der Waals surface area contributed by atoms with Gasteiger partial charge in [0.1, 0.15) is 5.82 Å². The van der Waals surface area contributed by atoms with Gasteiger partial charge in [0.15, 0.2) is 0 Å². The van der Waals surface area contributed by atoms with Gasteiger partial charge in [-0.15, -0.1) is 0 Å². The largest absolute Gasteiger partial charge is 0.463 e. The van der Waals surface area contributed by atoms with Gasteiger partial charge in [0, 0.05) is 12.0 Å². The molecule has 7 heteroatoms. The SMILES string of the molecule is CCOC(=O)C1(C)CC(c2cc(N)c(F)cc2Cl)=NO1. The number of ether oxygens (including phenoxy) is 1. The van der Waals surface area contributed by atoms with Crippen LogP contribution in [-0.4, -0.2) is 23.9 Å². The van der Waals surface area contributed by atoms with Crippen LogP contribution in [0, 0.1) is 5.82 Å². The molecule has 0 aliphatic carbocycles. The van der Waals surface area contributed by atoms with Crippen LogP contribution in [0.4, 0.5) is 10.1 Å². The minimum absolute atomic E-state index is 0.0446. The lowest BCUT2D eigenvalue weighted by molar-refractivity contribution is -0.166. The number of anilines is 1. The fraction of sp³-hybridized carbons (Fsp3) is 0.385. The first-order valence-electron chi connectivity index (χ1n) is 6.04. The van der Waals surface area contributed by atoms with Gasteiger partial charge in [0.25, 0.3) is 0 Å². The summed E-state index contributed by atoms with van der Waals surface area (Å²) >= 11 is 5.97. The number of oxime groups is 1. The van der Waals surface area contributed by atoms with Crippen LogP contribution in [0.25, 0.3) is 0 Å². The molecule has 0 amide bonds. The number of carbonyl (C=O) groups is 1. The minimum atomic E-state index is -1.20. The quantitative estimate of drug-likeness (QED) is 0.687. The van der Waals surface area contributed by atoms with Gasteiger partial charge in [0.05, 0.1) is 23.0 Å². The summed E-state index contributed by atoms with van der Waals surface area (Å²) in [6, 6.07) is 2.48. The molecule has 108 valence electrons. The van der Waals surface area contributed by atoms with E-state index < -0.39 is 17.4 Å². The third-order valence-electron chi connectivity index (χ3n) is 2.97. The normalized spacial score (nSPS) is 21.3. The van der Waals surface area contributed by atoms with Crippen LogP contribution in [0.3, 0.4) is 0 Å². The molecule has 1 atom stereocenters. The lowest BCUT2D eigenvalue weighted by atomic mass is 9.95. The minimum Gasteiger partial charge on any atom is -0.463 e. The number of nitrogen functional groups attached to an aromatic ring is 1. The number of benzene rings is 1. The van der Waals surface area contributed by atoms with Crippen molar-refractivity contribution in [2.24, 2.45) is 5.16 Å². The third-order valence-corrected chi connectivity index (χ3v) is 3.28. The van der Waals surface area contributed by atoms with Crippen molar-refractivity contribution >= 4 is 29.0 Å². The first-order valence-corrected chi connectivity index (χ1v) is 6.42. The second-order valence-corrected chi connectivity index (χ2v) is 5.02.